The number of carboxylic acids is 1. The maximum atomic E-state index is 12.5. The molecular weight excluding hydrogens is 340 g/mol. The quantitative estimate of drug-likeness (QED) is 0.738. The van der Waals surface area contributed by atoms with Gasteiger partial charge in [0.1, 0.15) is 16.5 Å². The number of aromatic nitrogens is 1. The van der Waals surface area contributed by atoms with Crippen LogP contribution in [0.4, 0.5) is 0 Å². The first-order valence-electron chi connectivity index (χ1n) is 8.25. The first-order chi connectivity index (χ1) is 12.0. The number of hydrogen-bond acceptors (Lipinski definition) is 5. The van der Waals surface area contributed by atoms with Crippen molar-refractivity contribution in [3.63, 3.8) is 0 Å². The SMILES string of the molecule is CCCOc1ccc(-c2nc(C(=O)N(CC)CCC(=O)O)cs2)cc1. The number of hydrogen-bond donors (Lipinski definition) is 1. The van der Waals surface area contributed by atoms with Gasteiger partial charge in [0, 0.05) is 24.0 Å². The molecule has 134 valence electrons. The van der Waals surface area contributed by atoms with Gasteiger partial charge in [0.05, 0.1) is 13.0 Å². The van der Waals surface area contributed by atoms with Crippen LogP contribution in [-0.4, -0.2) is 46.6 Å². The summed E-state index contributed by atoms with van der Waals surface area (Å²) in [6.45, 7) is 5.18. The van der Waals surface area contributed by atoms with E-state index in [1.54, 1.807) is 5.38 Å². The largest absolute Gasteiger partial charge is 0.494 e. The zero-order chi connectivity index (χ0) is 18.2. The molecule has 1 amide bonds. The molecule has 0 saturated carbocycles. The highest BCUT2D eigenvalue weighted by Gasteiger charge is 2.18. The second-order valence-electron chi connectivity index (χ2n) is 5.44. The van der Waals surface area contributed by atoms with Crippen LogP contribution in [0, 0.1) is 0 Å². The third-order valence-electron chi connectivity index (χ3n) is 3.56. The highest BCUT2D eigenvalue weighted by molar-refractivity contribution is 7.13. The number of carbonyl (C=O) groups excluding carboxylic acids is 1. The fourth-order valence-electron chi connectivity index (χ4n) is 2.21. The molecule has 0 fully saturated rings. The van der Waals surface area contributed by atoms with Crippen LogP contribution in [0.5, 0.6) is 5.75 Å². The fourth-order valence-corrected chi connectivity index (χ4v) is 3.01. The number of rotatable bonds is 9. The Balaban J connectivity index is 2.07. The number of ether oxygens (including phenoxy) is 1. The van der Waals surface area contributed by atoms with Crippen LogP contribution in [0.2, 0.25) is 0 Å². The summed E-state index contributed by atoms with van der Waals surface area (Å²) in [4.78, 5) is 29.1. The van der Waals surface area contributed by atoms with E-state index in [4.69, 9.17) is 9.84 Å². The Morgan fingerprint density at radius 2 is 1.96 bits per heavy atom. The summed E-state index contributed by atoms with van der Waals surface area (Å²) in [7, 11) is 0. The number of amides is 1. The molecule has 1 N–H and O–H groups in total. The van der Waals surface area contributed by atoms with Crippen molar-refractivity contribution in [2.45, 2.75) is 26.7 Å². The molecule has 0 aliphatic carbocycles. The van der Waals surface area contributed by atoms with E-state index in [-0.39, 0.29) is 18.9 Å². The van der Waals surface area contributed by atoms with E-state index < -0.39 is 5.97 Å². The predicted molar refractivity (Wildman–Crippen MR) is 97.2 cm³/mol. The molecule has 0 aliphatic rings. The van der Waals surface area contributed by atoms with Gasteiger partial charge in [-0.1, -0.05) is 6.92 Å². The smallest absolute Gasteiger partial charge is 0.305 e. The van der Waals surface area contributed by atoms with Crippen LogP contribution in [0.1, 0.15) is 37.2 Å². The summed E-state index contributed by atoms with van der Waals surface area (Å²) >= 11 is 1.39. The van der Waals surface area contributed by atoms with Crippen molar-refractivity contribution >= 4 is 23.2 Å². The lowest BCUT2D eigenvalue weighted by atomic mass is 10.2. The predicted octanol–water partition coefficient (Wildman–Crippen LogP) is 3.54. The zero-order valence-corrected chi connectivity index (χ0v) is 15.2. The number of carbonyl (C=O) groups is 2. The standard InChI is InChI=1S/C18H22N2O4S/c1-3-11-24-14-7-5-13(6-8-14)17-19-15(12-25-17)18(23)20(4-2)10-9-16(21)22/h5-8,12H,3-4,9-11H2,1-2H3,(H,21,22). The Labute approximate surface area is 151 Å². The Hall–Kier alpha value is -2.41. The third-order valence-corrected chi connectivity index (χ3v) is 4.45. The fraction of sp³-hybridized carbons (Fsp3) is 0.389. The van der Waals surface area contributed by atoms with Crippen molar-refractivity contribution in [2.75, 3.05) is 19.7 Å². The molecule has 0 spiro atoms. The van der Waals surface area contributed by atoms with Gasteiger partial charge < -0.3 is 14.7 Å². The molecule has 1 aromatic carbocycles. The van der Waals surface area contributed by atoms with Gasteiger partial charge in [0.15, 0.2) is 0 Å². The van der Waals surface area contributed by atoms with Crippen molar-refractivity contribution < 1.29 is 19.4 Å². The molecule has 6 nitrogen and oxygen atoms in total. The van der Waals surface area contributed by atoms with Gasteiger partial charge >= 0.3 is 5.97 Å². The molecule has 1 heterocycles. The topological polar surface area (TPSA) is 79.7 Å². The average Bonchev–Trinajstić information content (AvgIpc) is 3.10. The van der Waals surface area contributed by atoms with Crippen LogP contribution in [0.25, 0.3) is 10.6 Å². The summed E-state index contributed by atoms with van der Waals surface area (Å²) in [5.41, 5.74) is 1.26. The van der Waals surface area contributed by atoms with Gasteiger partial charge in [-0.25, -0.2) is 4.98 Å². The van der Waals surface area contributed by atoms with Crippen molar-refractivity contribution in [1.82, 2.24) is 9.88 Å². The zero-order valence-electron chi connectivity index (χ0n) is 14.4. The molecule has 25 heavy (non-hydrogen) atoms. The highest BCUT2D eigenvalue weighted by Crippen LogP contribution is 2.26. The second kappa shape index (κ2) is 9.17. The van der Waals surface area contributed by atoms with Crippen molar-refractivity contribution in [3.05, 3.63) is 35.3 Å². The molecule has 0 unspecified atom stereocenters. The first-order valence-corrected chi connectivity index (χ1v) is 9.13. The van der Waals surface area contributed by atoms with Crippen LogP contribution < -0.4 is 4.74 Å². The summed E-state index contributed by atoms with van der Waals surface area (Å²) < 4.78 is 5.56. The number of aliphatic carboxylic acids is 1. The van der Waals surface area contributed by atoms with Crippen molar-refractivity contribution in [2.24, 2.45) is 0 Å². The molecule has 0 saturated heterocycles. The summed E-state index contributed by atoms with van der Waals surface area (Å²) in [5.74, 6) is -0.353. The minimum atomic E-state index is -0.921. The van der Waals surface area contributed by atoms with E-state index in [1.165, 1.54) is 16.2 Å². The Morgan fingerprint density at radius 1 is 1.24 bits per heavy atom. The van der Waals surface area contributed by atoms with Crippen LogP contribution in [-0.2, 0) is 4.79 Å². The number of carboxylic acid groups (broad SMARTS) is 1. The number of nitrogens with zero attached hydrogens (tertiary/aromatic N) is 2. The normalized spacial score (nSPS) is 10.5. The lowest BCUT2D eigenvalue weighted by molar-refractivity contribution is -0.137. The van der Waals surface area contributed by atoms with E-state index in [0.717, 1.165) is 22.7 Å². The van der Waals surface area contributed by atoms with Gasteiger partial charge in [0.2, 0.25) is 0 Å². The maximum Gasteiger partial charge on any atom is 0.305 e. The third kappa shape index (κ3) is 5.29. The molecule has 7 heteroatoms. The molecule has 2 rings (SSSR count). The van der Waals surface area contributed by atoms with E-state index in [1.807, 2.05) is 31.2 Å². The molecule has 2 aromatic rings. The Bertz CT molecular complexity index is 712. The molecule has 0 bridgehead atoms. The Morgan fingerprint density at radius 3 is 2.56 bits per heavy atom. The molecule has 1 aromatic heterocycles. The summed E-state index contributed by atoms with van der Waals surface area (Å²) in [6, 6.07) is 7.61. The van der Waals surface area contributed by atoms with E-state index >= 15 is 0 Å². The van der Waals surface area contributed by atoms with E-state index in [9.17, 15) is 9.59 Å². The number of benzene rings is 1. The molecule has 0 atom stereocenters. The van der Waals surface area contributed by atoms with Crippen LogP contribution >= 0.6 is 11.3 Å². The van der Waals surface area contributed by atoms with Crippen molar-refractivity contribution in [1.29, 1.82) is 0 Å². The minimum absolute atomic E-state index is 0.0736. The number of thiazole rings is 1. The van der Waals surface area contributed by atoms with Gasteiger partial charge in [-0.2, -0.15) is 0 Å². The van der Waals surface area contributed by atoms with Crippen LogP contribution in [0.3, 0.4) is 0 Å². The summed E-state index contributed by atoms with van der Waals surface area (Å²) in [6.07, 6.45) is 0.880. The van der Waals surface area contributed by atoms with Gasteiger partial charge in [-0.3, -0.25) is 9.59 Å². The lowest BCUT2D eigenvalue weighted by Gasteiger charge is -2.18. The average molecular weight is 362 g/mol. The second-order valence-corrected chi connectivity index (χ2v) is 6.30. The van der Waals surface area contributed by atoms with Crippen molar-refractivity contribution in [3.8, 4) is 16.3 Å². The minimum Gasteiger partial charge on any atom is -0.494 e. The maximum absolute atomic E-state index is 12.5. The van der Waals surface area contributed by atoms with Gasteiger partial charge in [-0.15, -0.1) is 11.3 Å². The summed E-state index contributed by atoms with van der Waals surface area (Å²) in [5, 5.41) is 11.2. The van der Waals surface area contributed by atoms with Gasteiger partial charge in [-0.05, 0) is 37.6 Å². The molecular formula is C18H22N2O4S. The van der Waals surface area contributed by atoms with E-state index in [2.05, 4.69) is 11.9 Å². The first kappa shape index (κ1) is 18.9. The Kier molecular flexibility index (Phi) is 6.94. The van der Waals surface area contributed by atoms with E-state index in [0.29, 0.717) is 18.8 Å². The lowest BCUT2D eigenvalue weighted by Crippen LogP contribution is -2.33. The molecule has 0 aliphatic heterocycles. The monoisotopic (exact) mass is 362 g/mol. The molecule has 0 radical (unpaired) electrons. The van der Waals surface area contributed by atoms with Crippen LogP contribution in [0.15, 0.2) is 29.6 Å². The highest BCUT2D eigenvalue weighted by atomic mass is 32.1. The van der Waals surface area contributed by atoms with Gasteiger partial charge in [0.25, 0.3) is 5.91 Å².